The number of hydrogen-bond acceptors (Lipinski definition) is 5. The third-order valence-corrected chi connectivity index (χ3v) is 4.64. The molecule has 0 bridgehead atoms. The van der Waals surface area contributed by atoms with Crippen LogP contribution in [-0.4, -0.2) is 53.3 Å². The lowest BCUT2D eigenvalue weighted by Crippen LogP contribution is -2.59. The molecule has 1 aliphatic heterocycles. The molecule has 0 spiro atoms. The van der Waals surface area contributed by atoms with Gasteiger partial charge < -0.3 is 4.74 Å². The van der Waals surface area contributed by atoms with Crippen LogP contribution in [0.15, 0.2) is 0 Å². The van der Waals surface area contributed by atoms with Crippen molar-refractivity contribution < 1.29 is 23.9 Å². The fraction of sp³-hybridized carbons (Fsp3) is 0.750. The Morgan fingerprint density at radius 1 is 1.13 bits per heavy atom. The zero-order valence-electron chi connectivity index (χ0n) is 13.7. The van der Waals surface area contributed by atoms with Gasteiger partial charge in [-0.2, -0.15) is 0 Å². The molecule has 7 heteroatoms. The highest BCUT2D eigenvalue weighted by Gasteiger charge is 2.42. The smallest absolute Gasteiger partial charge is 0.333 e. The number of hydrogen-bond donors (Lipinski definition) is 0. The van der Waals surface area contributed by atoms with Crippen molar-refractivity contribution in [2.75, 3.05) is 13.7 Å². The van der Waals surface area contributed by atoms with E-state index in [2.05, 4.69) is 0 Å². The lowest BCUT2D eigenvalue weighted by Gasteiger charge is -2.39. The van der Waals surface area contributed by atoms with Gasteiger partial charge in [0.15, 0.2) is 0 Å². The quantitative estimate of drug-likeness (QED) is 0.568. The highest BCUT2D eigenvalue weighted by Crippen LogP contribution is 2.30. The van der Waals surface area contributed by atoms with Crippen LogP contribution in [0.25, 0.3) is 0 Å². The van der Waals surface area contributed by atoms with E-state index in [1.165, 1.54) is 16.9 Å². The number of ether oxygens (including phenoxy) is 1. The summed E-state index contributed by atoms with van der Waals surface area (Å²) in [4.78, 5) is 50.6. The molecule has 7 nitrogen and oxygen atoms in total. The van der Waals surface area contributed by atoms with E-state index in [-0.39, 0.29) is 24.3 Å². The average Bonchev–Trinajstić information content (AvgIpc) is 2.54. The molecule has 1 aliphatic carbocycles. The summed E-state index contributed by atoms with van der Waals surface area (Å²) >= 11 is 0. The van der Waals surface area contributed by atoms with E-state index in [0.29, 0.717) is 32.2 Å². The van der Waals surface area contributed by atoms with Crippen molar-refractivity contribution in [3.63, 3.8) is 0 Å². The standard InChI is InChI=1S/C16H24N2O5/c1-3-4-9-17-13(19)10-14(20)18(16(17)22)12-7-5-11(6-8-12)15(21)23-2/h11-12H,3-10H2,1-2H3/t11-,12-. The van der Waals surface area contributed by atoms with Crippen LogP contribution in [0, 0.1) is 5.92 Å². The maximum Gasteiger partial charge on any atom is 0.333 e. The molecule has 1 heterocycles. The van der Waals surface area contributed by atoms with Crippen molar-refractivity contribution in [3.8, 4) is 0 Å². The average molecular weight is 324 g/mol. The van der Waals surface area contributed by atoms with Crippen molar-refractivity contribution in [3.05, 3.63) is 0 Å². The van der Waals surface area contributed by atoms with Crippen LogP contribution in [0.3, 0.4) is 0 Å². The first kappa shape index (κ1) is 17.4. The number of carbonyl (C=O) groups excluding carboxylic acids is 4. The largest absolute Gasteiger partial charge is 0.469 e. The summed E-state index contributed by atoms with van der Waals surface area (Å²) in [6.07, 6.45) is 3.70. The molecule has 23 heavy (non-hydrogen) atoms. The Hall–Kier alpha value is -1.92. The van der Waals surface area contributed by atoms with Gasteiger partial charge in [0.25, 0.3) is 0 Å². The van der Waals surface area contributed by atoms with Crippen molar-refractivity contribution in [1.29, 1.82) is 0 Å². The number of urea groups is 1. The van der Waals surface area contributed by atoms with Gasteiger partial charge in [0.2, 0.25) is 11.8 Å². The topological polar surface area (TPSA) is 84.0 Å². The SMILES string of the molecule is CCCCN1C(=O)CC(=O)N([C@H]2CC[C@H](C(=O)OC)CC2)C1=O. The van der Waals surface area contributed by atoms with Gasteiger partial charge in [-0.3, -0.25) is 24.2 Å². The molecule has 128 valence electrons. The molecule has 0 atom stereocenters. The predicted octanol–water partition coefficient (Wildman–Crippen LogP) is 1.70. The fourth-order valence-corrected chi connectivity index (χ4v) is 3.29. The Bertz CT molecular complexity index is 497. The minimum absolute atomic E-state index is 0.163. The van der Waals surface area contributed by atoms with Crippen LogP contribution in [0.4, 0.5) is 4.79 Å². The molecule has 4 amide bonds. The third kappa shape index (κ3) is 3.71. The first-order valence-corrected chi connectivity index (χ1v) is 8.23. The molecule has 0 aromatic carbocycles. The molecule has 0 unspecified atom stereocenters. The third-order valence-electron chi connectivity index (χ3n) is 4.64. The van der Waals surface area contributed by atoms with Gasteiger partial charge in [-0.15, -0.1) is 0 Å². The second-order valence-corrected chi connectivity index (χ2v) is 6.15. The second-order valence-electron chi connectivity index (χ2n) is 6.15. The summed E-state index contributed by atoms with van der Waals surface area (Å²) in [6.45, 7) is 2.34. The molecule has 0 radical (unpaired) electrons. The normalized spacial score (nSPS) is 25.7. The predicted molar refractivity (Wildman–Crippen MR) is 81.2 cm³/mol. The molecule has 2 rings (SSSR count). The summed E-state index contributed by atoms with van der Waals surface area (Å²) in [5, 5.41) is 0. The van der Waals surface area contributed by atoms with Gasteiger partial charge >= 0.3 is 12.0 Å². The number of unbranched alkanes of at least 4 members (excludes halogenated alkanes) is 1. The summed E-state index contributed by atoms with van der Waals surface area (Å²) in [6, 6.07) is -0.727. The Balaban J connectivity index is 2.03. The van der Waals surface area contributed by atoms with Gasteiger partial charge in [-0.25, -0.2) is 4.79 Å². The maximum atomic E-state index is 12.5. The van der Waals surface area contributed by atoms with E-state index >= 15 is 0 Å². The summed E-state index contributed by atoms with van der Waals surface area (Å²) in [7, 11) is 1.36. The zero-order chi connectivity index (χ0) is 17.0. The van der Waals surface area contributed by atoms with Crippen LogP contribution in [0.2, 0.25) is 0 Å². The molecule has 2 aliphatic rings. The first-order valence-electron chi connectivity index (χ1n) is 8.23. The maximum absolute atomic E-state index is 12.5. The van der Waals surface area contributed by atoms with E-state index < -0.39 is 17.8 Å². The number of rotatable bonds is 5. The monoisotopic (exact) mass is 324 g/mol. The van der Waals surface area contributed by atoms with E-state index in [4.69, 9.17) is 4.74 Å². The van der Waals surface area contributed by atoms with Crippen LogP contribution >= 0.6 is 0 Å². The van der Waals surface area contributed by atoms with Gasteiger partial charge in [-0.1, -0.05) is 13.3 Å². The second kappa shape index (κ2) is 7.57. The number of amides is 4. The Labute approximate surface area is 135 Å². The van der Waals surface area contributed by atoms with E-state index in [1.807, 2.05) is 6.92 Å². The van der Waals surface area contributed by atoms with Crippen LogP contribution in [0.5, 0.6) is 0 Å². The van der Waals surface area contributed by atoms with E-state index in [0.717, 1.165) is 12.8 Å². The van der Waals surface area contributed by atoms with E-state index in [9.17, 15) is 19.2 Å². The minimum atomic E-state index is -0.499. The number of nitrogens with zero attached hydrogens (tertiary/aromatic N) is 2. The van der Waals surface area contributed by atoms with Gasteiger partial charge in [-0.05, 0) is 32.1 Å². The minimum Gasteiger partial charge on any atom is -0.469 e. The van der Waals surface area contributed by atoms with Crippen LogP contribution in [0.1, 0.15) is 51.9 Å². The number of carbonyl (C=O) groups is 4. The molecule has 1 saturated carbocycles. The summed E-state index contributed by atoms with van der Waals surface area (Å²) in [5.74, 6) is -1.23. The Morgan fingerprint density at radius 2 is 1.78 bits per heavy atom. The molecule has 0 aromatic heterocycles. The first-order chi connectivity index (χ1) is 11.0. The van der Waals surface area contributed by atoms with Crippen molar-refractivity contribution in [1.82, 2.24) is 9.80 Å². The van der Waals surface area contributed by atoms with Crippen molar-refractivity contribution in [2.45, 2.75) is 57.9 Å². The van der Waals surface area contributed by atoms with Crippen LogP contribution in [-0.2, 0) is 19.1 Å². The summed E-state index contributed by atoms with van der Waals surface area (Å²) in [5.41, 5.74) is 0. The highest BCUT2D eigenvalue weighted by atomic mass is 16.5. The zero-order valence-corrected chi connectivity index (χ0v) is 13.7. The number of barbiturate groups is 1. The number of methoxy groups -OCH3 is 1. The number of esters is 1. The van der Waals surface area contributed by atoms with Crippen LogP contribution < -0.4 is 0 Å². The molecular formula is C16H24N2O5. The van der Waals surface area contributed by atoms with E-state index in [1.54, 1.807) is 0 Å². The fourth-order valence-electron chi connectivity index (χ4n) is 3.29. The molecule has 2 fully saturated rings. The molecule has 0 aromatic rings. The van der Waals surface area contributed by atoms with Gasteiger partial charge in [0, 0.05) is 12.6 Å². The van der Waals surface area contributed by atoms with Crippen molar-refractivity contribution in [2.24, 2.45) is 5.92 Å². The Morgan fingerprint density at radius 3 is 2.35 bits per heavy atom. The lowest BCUT2D eigenvalue weighted by molar-refractivity contribution is -0.147. The van der Waals surface area contributed by atoms with Gasteiger partial charge in [0.1, 0.15) is 6.42 Å². The number of imide groups is 2. The lowest BCUT2D eigenvalue weighted by atomic mass is 9.85. The molecular weight excluding hydrogens is 300 g/mol. The molecule has 0 N–H and O–H groups in total. The highest BCUT2D eigenvalue weighted by molar-refractivity contribution is 6.14. The van der Waals surface area contributed by atoms with Crippen molar-refractivity contribution >= 4 is 23.8 Å². The van der Waals surface area contributed by atoms with Gasteiger partial charge in [0.05, 0.1) is 13.0 Å². The Kier molecular flexibility index (Phi) is 5.74. The summed E-state index contributed by atoms with van der Waals surface area (Å²) < 4.78 is 4.75. The molecule has 1 saturated heterocycles.